The molecule has 1 aliphatic carbocycles. The van der Waals surface area contributed by atoms with Gasteiger partial charge in [-0.2, -0.15) is 0 Å². The van der Waals surface area contributed by atoms with E-state index >= 15 is 0 Å². The van der Waals surface area contributed by atoms with Crippen molar-refractivity contribution in [1.82, 2.24) is 10.2 Å². The van der Waals surface area contributed by atoms with E-state index in [1.54, 1.807) is 7.11 Å². The van der Waals surface area contributed by atoms with E-state index in [4.69, 9.17) is 10.5 Å². The summed E-state index contributed by atoms with van der Waals surface area (Å²) in [5.74, 6) is 1.25. The molecule has 0 bridgehead atoms. The van der Waals surface area contributed by atoms with Crippen molar-refractivity contribution in [3.05, 3.63) is 0 Å². The first kappa shape index (κ1) is 16.2. The summed E-state index contributed by atoms with van der Waals surface area (Å²) in [6.45, 7) is 8.88. The Kier molecular flexibility index (Phi) is 7.82. The molecule has 0 aromatic heterocycles. The van der Waals surface area contributed by atoms with Crippen LogP contribution in [-0.2, 0) is 4.74 Å². The lowest BCUT2D eigenvalue weighted by Crippen LogP contribution is -2.40. The third-order valence-corrected chi connectivity index (χ3v) is 3.34. The van der Waals surface area contributed by atoms with Crippen molar-refractivity contribution in [1.29, 1.82) is 0 Å². The fraction of sp³-hybridized carbons (Fsp3) is 0.929. The number of hydrogen-bond donors (Lipinski definition) is 2. The Bertz CT molecular complexity index is 264. The monoisotopic (exact) mass is 270 g/mol. The fourth-order valence-corrected chi connectivity index (χ4v) is 1.95. The lowest BCUT2D eigenvalue weighted by Gasteiger charge is -2.21. The van der Waals surface area contributed by atoms with Gasteiger partial charge in [0.05, 0.1) is 6.61 Å². The van der Waals surface area contributed by atoms with E-state index in [0.29, 0.717) is 11.9 Å². The first-order valence-corrected chi connectivity index (χ1v) is 7.40. The predicted octanol–water partition coefficient (Wildman–Crippen LogP) is 1.05. The highest BCUT2D eigenvalue weighted by atomic mass is 16.5. The maximum Gasteiger partial charge on any atom is 0.188 e. The Balaban J connectivity index is 2.12. The van der Waals surface area contributed by atoms with Crippen LogP contribution in [0.25, 0.3) is 0 Å². The van der Waals surface area contributed by atoms with E-state index in [-0.39, 0.29) is 0 Å². The molecule has 0 aromatic carbocycles. The van der Waals surface area contributed by atoms with Gasteiger partial charge in [0.15, 0.2) is 5.96 Å². The van der Waals surface area contributed by atoms with Gasteiger partial charge in [0.2, 0.25) is 0 Å². The van der Waals surface area contributed by atoms with E-state index in [9.17, 15) is 0 Å². The molecule has 1 aliphatic rings. The van der Waals surface area contributed by atoms with Crippen LogP contribution < -0.4 is 11.1 Å². The Labute approximate surface area is 117 Å². The molecule has 0 saturated heterocycles. The summed E-state index contributed by atoms with van der Waals surface area (Å²) in [5.41, 5.74) is 5.83. The topological polar surface area (TPSA) is 62.9 Å². The maximum atomic E-state index is 5.83. The van der Waals surface area contributed by atoms with Crippen LogP contribution in [0.1, 0.15) is 33.1 Å². The van der Waals surface area contributed by atoms with Gasteiger partial charge >= 0.3 is 0 Å². The summed E-state index contributed by atoms with van der Waals surface area (Å²) in [6.07, 6.45) is 3.73. The summed E-state index contributed by atoms with van der Waals surface area (Å²) in [5, 5.41) is 3.19. The average Bonchev–Trinajstić information content (AvgIpc) is 3.17. The molecule has 0 spiro atoms. The number of nitrogens with two attached hydrogens (primary N) is 1. The Morgan fingerprint density at radius 2 is 2.16 bits per heavy atom. The molecule has 0 aromatic rings. The molecule has 5 heteroatoms. The van der Waals surface area contributed by atoms with Crippen LogP contribution in [0.2, 0.25) is 0 Å². The van der Waals surface area contributed by atoms with Gasteiger partial charge in [-0.1, -0.05) is 13.8 Å². The Morgan fingerprint density at radius 3 is 2.74 bits per heavy atom. The molecule has 5 nitrogen and oxygen atoms in total. The Morgan fingerprint density at radius 1 is 1.42 bits per heavy atom. The van der Waals surface area contributed by atoms with Crippen LogP contribution in [0.3, 0.4) is 0 Å². The molecule has 0 radical (unpaired) electrons. The highest BCUT2D eigenvalue weighted by Gasteiger charge is 2.27. The van der Waals surface area contributed by atoms with Crippen LogP contribution in [0, 0.1) is 5.92 Å². The minimum atomic E-state index is 0.572. The maximum absolute atomic E-state index is 5.83. The molecule has 0 atom stereocenters. The minimum absolute atomic E-state index is 0.572. The molecule has 19 heavy (non-hydrogen) atoms. The van der Waals surface area contributed by atoms with E-state index < -0.39 is 0 Å². The average molecular weight is 270 g/mol. The van der Waals surface area contributed by atoms with Crippen LogP contribution in [0.4, 0.5) is 0 Å². The second-order valence-electron chi connectivity index (χ2n) is 5.64. The quantitative estimate of drug-likeness (QED) is 0.460. The number of methoxy groups -OCH3 is 1. The van der Waals surface area contributed by atoms with E-state index in [1.807, 2.05) is 0 Å². The summed E-state index contributed by atoms with van der Waals surface area (Å²) < 4.78 is 5.14. The highest BCUT2D eigenvalue weighted by Crippen LogP contribution is 2.25. The number of nitrogens with one attached hydrogen (secondary N) is 1. The lowest BCUT2D eigenvalue weighted by atomic mass is 10.1. The van der Waals surface area contributed by atoms with Gasteiger partial charge in [0.1, 0.15) is 0 Å². The fourth-order valence-electron chi connectivity index (χ4n) is 1.95. The predicted molar refractivity (Wildman–Crippen MR) is 80.4 cm³/mol. The van der Waals surface area contributed by atoms with Gasteiger partial charge in [0.25, 0.3) is 0 Å². The first-order valence-electron chi connectivity index (χ1n) is 7.40. The van der Waals surface area contributed by atoms with Gasteiger partial charge in [-0.15, -0.1) is 0 Å². The number of ether oxygens (including phenoxy) is 1. The summed E-state index contributed by atoms with van der Waals surface area (Å²) in [4.78, 5) is 6.79. The molecule has 112 valence electrons. The van der Waals surface area contributed by atoms with E-state index in [0.717, 1.165) is 45.2 Å². The van der Waals surface area contributed by atoms with Crippen molar-refractivity contribution in [3.8, 4) is 0 Å². The largest absolute Gasteiger partial charge is 0.383 e. The molecule has 1 fully saturated rings. The van der Waals surface area contributed by atoms with Crippen molar-refractivity contribution in [2.45, 2.75) is 39.2 Å². The number of rotatable bonds is 10. The molecule has 1 saturated carbocycles. The van der Waals surface area contributed by atoms with E-state index in [1.165, 1.54) is 12.8 Å². The molecular formula is C14H30N4O. The van der Waals surface area contributed by atoms with Gasteiger partial charge in [-0.25, -0.2) is 0 Å². The summed E-state index contributed by atoms with van der Waals surface area (Å²) in [7, 11) is 1.75. The smallest absolute Gasteiger partial charge is 0.188 e. The van der Waals surface area contributed by atoms with Gasteiger partial charge in [0, 0.05) is 39.3 Å². The highest BCUT2D eigenvalue weighted by molar-refractivity contribution is 5.77. The minimum Gasteiger partial charge on any atom is -0.383 e. The molecule has 0 heterocycles. The zero-order chi connectivity index (χ0) is 14.1. The van der Waals surface area contributed by atoms with Crippen LogP contribution in [-0.4, -0.2) is 56.8 Å². The molecule has 0 unspecified atom stereocenters. The van der Waals surface area contributed by atoms with Gasteiger partial charge < -0.3 is 15.8 Å². The van der Waals surface area contributed by atoms with Crippen LogP contribution in [0.15, 0.2) is 4.99 Å². The van der Waals surface area contributed by atoms with Crippen molar-refractivity contribution in [2.75, 3.05) is 39.9 Å². The second-order valence-corrected chi connectivity index (χ2v) is 5.64. The lowest BCUT2D eigenvalue weighted by molar-refractivity contribution is 0.144. The van der Waals surface area contributed by atoms with Gasteiger partial charge in [-0.3, -0.25) is 9.89 Å². The zero-order valence-corrected chi connectivity index (χ0v) is 12.7. The van der Waals surface area contributed by atoms with Crippen molar-refractivity contribution in [3.63, 3.8) is 0 Å². The molecule has 3 N–H and O–H groups in total. The van der Waals surface area contributed by atoms with Crippen molar-refractivity contribution < 1.29 is 4.74 Å². The first-order chi connectivity index (χ1) is 9.13. The van der Waals surface area contributed by atoms with Crippen LogP contribution >= 0.6 is 0 Å². The summed E-state index contributed by atoms with van der Waals surface area (Å²) >= 11 is 0. The zero-order valence-electron chi connectivity index (χ0n) is 12.7. The molecule has 0 amide bonds. The third-order valence-electron chi connectivity index (χ3n) is 3.34. The summed E-state index contributed by atoms with van der Waals surface area (Å²) in [6, 6.07) is 0.760. The van der Waals surface area contributed by atoms with E-state index in [2.05, 4.69) is 29.1 Å². The van der Waals surface area contributed by atoms with Crippen LogP contribution in [0.5, 0.6) is 0 Å². The SMILES string of the molecule is COCCN(CCNC(N)=NCCC(C)C)C1CC1. The number of hydrogen-bond acceptors (Lipinski definition) is 3. The number of aliphatic imine (C=N–C) groups is 1. The third kappa shape index (κ3) is 8.06. The Hall–Kier alpha value is -0.810. The van der Waals surface area contributed by atoms with Crippen molar-refractivity contribution in [2.24, 2.45) is 16.6 Å². The normalized spacial score (nSPS) is 16.4. The molecule has 1 rings (SSSR count). The number of nitrogens with zero attached hydrogens (tertiary/aromatic N) is 2. The molecule has 0 aliphatic heterocycles. The number of guanidine groups is 1. The molecular weight excluding hydrogens is 240 g/mol. The standard InChI is InChI=1S/C14H30N4O/c1-12(2)6-7-16-14(15)17-8-9-18(10-11-19-3)13-4-5-13/h12-13H,4-11H2,1-3H3,(H3,15,16,17). The second kappa shape index (κ2) is 9.15. The van der Waals surface area contributed by atoms with Gasteiger partial charge in [-0.05, 0) is 25.2 Å². The van der Waals surface area contributed by atoms with Crippen molar-refractivity contribution >= 4 is 5.96 Å².